The highest BCUT2D eigenvalue weighted by Gasteiger charge is 2.04. The van der Waals surface area contributed by atoms with Crippen LogP contribution in [0.1, 0.15) is 38.4 Å². The number of hydrogen-bond donors (Lipinski definition) is 2. The summed E-state index contributed by atoms with van der Waals surface area (Å²) in [6.07, 6.45) is 3.15. The van der Waals surface area contributed by atoms with Crippen molar-refractivity contribution in [1.82, 2.24) is 4.98 Å². The van der Waals surface area contributed by atoms with Crippen LogP contribution in [0.2, 0.25) is 0 Å². The average Bonchev–Trinajstić information content (AvgIpc) is 2.26. The molecule has 0 aliphatic rings. The molecular weight excluding hydrogens is 176 g/mol. The van der Waals surface area contributed by atoms with Crippen molar-refractivity contribution in [2.75, 3.05) is 11.9 Å². The number of nitrogens with zero attached hydrogens (tertiary/aromatic N) is 1. The van der Waals surface area contributed by atoms with E-state index in [0.717, 1.165) is 30.8 Å². The smallest absolute Gasteiger partial charge is 0.125 e. The van der Waals surface area contributed by atoms with Crippen LogP contribution < -0.4 is 5.32 Å². The van der Waals surface area contributed by atoms with E-state index < -0.39 is 0 Å². The number of aliphatic hydroxyl groups is 1. The van der Waals surface area contributed by atoms with Gasteiger partial charge in [0.1, 0.15) is 5.82 Å². The Kier molecular flexibility index (Phi) is 4.40. The van der Waals surface area contributed by atoms with E-state index in [2.05, 4.69) is 17.2 Å². The molecule has 0 spiro atoms. The normalized spacial score (nSPS) is 12.5. The van der Waals surface area contributed by atoms with Gasteiger partial charge < -0.3 is 10.4 Å². The molecule has 0 aliphatic carbocycles. The predicted molar refractivity (Wildman–Crippen MR) is 58.3 cm³/mol. The van der Waals surface area contributed by atoms with Gasteiger partial charge in [0.2, 0.25) is 0 Å². The first-order chi connectivity index (χ1) is 6.77. The second-order valence-corrected chi connectivity index (χ2v) is 3.33. The highest BCUT2D eigenvalue weighted by molar-refractivity contribution is 5.35. The van der Waals surface area contributed by atoms with Crippen molar-refractivity contribution in [3.8, 4) is 0 Å². The van der Waals surface area contributed by atoms with Crippen molar-refractivity contribution < 1.29 is 5.11 Å². The van der Waals surface area contributed by atoms with Crippen LogP contribution in [0.5, 0.6) is 0 Å². The van der Waals surface area contributed by atoms with Crippen LogP contribution in [0.15, 0.2) is 18.3 Å². The maximum atomic E-state index is 9.54. The maximum absolute atomic E-state index is 9.54. The summed E-state index contributed by atoms with van der Waals surface area (Å²) >= 11 is 0. The molecule has 3 nitrogen and oxygen atoms in total. The van der Waals surface area contributed by atoms with Gasteiger partial charge in [-0.2, -0.15) is 0 Å². The third-order valence-corrected chi connectivity index (χ3v) is 2.11. The molecule has 0 radical (unpaired) electrons. The van der Waals surface area contributed by atoms with E-state index in [1.165, 1.54) is 0 Å². The fourth-order valence-electron chi connectivity index (χ4n) is 1.20. The molecule has 1 rings (SSSR count). The van der Waals surface area contributed by atoms with Crippen molar-refractivity contribution in [3.05, 3.63) is 23.9 Å². The van der Waals surface area contributed by atoms with Crippen LogP contribution in [0.4, 0.5) is 5.82 Å². The summed E-state index contributed by atoms with van der Waals surface area (Å²) in [6.45, 7) is 5.00. The van der Waals surface area contributed by atoms with Crippen molar-refractivity contribution in [2.45, 2.75) is 32.8 Å². The van der Waals surface area contributed by atoms with E-state index in [9.17, 15) is 5.11 Å². The fourth-order valence-corrected chi connectivity index (χ4v) is 1.20. The van der Waals surface area contributed by atoms with E-state index in [-0.39, 0.29) is 6.10 Å². The number of aliphatic hydroxyl groups excluding tert-OH is 1. The van der Waals surface area contributed by atoms with Gasteiger partial charge in [-0.1, -0.05) is 19.9 Å². The summed E-state index contributed by atoms with van der Waals surface area (Å²) in [4.78, 5) is 4.21. The standard InChI is InChI=1S/C11H18N2O/c1-3-7-12-11-6-5-9(8-13-11)10(14)4-2/h5-6,8,10,14H,3-4,7H2,1-2H3,(H,12,13)/t10-/m1/s1. The van der Waals surface area contributed by atoms with Crippen molar-refractivity contribution in [1.29, 1.82) is 0 Å². The lowest BCUT2D eigenvalue weighted by atomic mass is 10.1. The Morgan fingerprint density at radius 2 is 2.21 bits per heavy atom. The van der Waals surface area contributed by atoms with Gasteiger partial charge in [0.15, 0.2) is 0 Å². The minimum Gasteiger partial charge on any atom is -0.388 e. The van der Waals surface area contributed by atoms with E-state index in [4.69, 9.17) is 0 Å². The Bertz CT molecular complexity index is 258. The van der Waals surface area contributed by atoms with E-state index in [0.29, 0.717) is 0 Å². The zero-order chi connectivity index (χ0) is 10.4. The molecule has 1 heterocycles. The topological polar surface area (TPSA) is 45.1 Å². The predicted octanol–water partition coefficient (Wildman–Crippen LogP) is 2.35. The van der Waals surface area contributed by atoms with Gasteiger partial charge in [-0.05, 0) is 24.5 Å². The largest absolute Gasteiger partial charge is 0.388 e. The zero-order valence-electron chi connectivity index (χ0n) is 8.83. The average molecular weight is 194 g/mol. The second kappa shape index (κ2) is 5.60. The zero-order valence-corrected chi connectivity index (χ0v) is 8.83. The number of rotatable bonds is 5. The molecule has 0 saturated heterocycles. The minimum atomic E-state index is -0.386. The van der Waals surface area contributed by atoms with Gasteiger partial charge in [-0.3, -0.25) is 0 Å². The van der Waals surface area contributed by atoms with Crippen LogP contribution in [0, 0.1) is 0 Å². The second-order valence-electron chi connectivity index (χ2n) is 3.33. The third-order valence-electron chi connectivity index (χ3n) is 2.11. The van der Waals surface area contributed by atoms with Crippen molar-refractivity contribution in [2.24, 2.45) is 0 Å². The molecule has 0 aromatic carbocycles. The first kappa shape index (κ1) is 11.0. The number of hydrogen-bond acceptors (Lipinski definition) is 3. The minimum absolute atomic E-state index is 0.386. The molecule has 14 heavy (non-hydrogen) atoms. The van der Waals surface area contributed by atoms with Gasteiger partial charge in [0.05, 0.1) is 6.10 Å². The fraction of sp³-hybridized carbons (Fsp3) is 0.545. The first-order valence-electron chi connectivity index (χ1n) is 5.15. The molecule has 0 fully saturated rings. The number of nitrogens with one attached hydrogen (secondary N) is 1. The summed E-state index contributed by atoms with van der Waals surface area (Å²) in [5, 5.41) is 12.7. The molecule has 78 valence electrons. The maximum Gasteiger partial charge on any atom is 0.125 e. The van der Waals surface area contributed by atoms with Gasteiger partial charge in [0, 0.05) is 12.7 Å². The number of anilines is 1. The SMILES string of the molecule is CCCNc1ccc([C@H](O)CC)cn1. The van der Waals surface area contributed by atoms with Gasteiger partial charge in [-0.15, -0.1) is 0 Å². The highest BCUT2D eigenvalue weighted by atomic mass is 16.3. The molecular formula is C11H18N2O. The summed E-state index contributed by atoms with van der Waals surface area (Å²) in [7, 11) is 0. The molecule has 0 amide bonds. The highest BCUT2D eigenvalue weighted by Crippen LogP contribution is 2.16. The van der Waals surface area contributed by atoms with E-state index >= 15 is 0 Å². The van der Waals surface area contributed by atoms with Crippen LogP contribution in [-0.4, -0.2) is 16.6 Å². The molecule has 1 aromatic heterocycles. The molecule has 1 aromatic rings. The Labute approximate surface area is 85.2 Å². The number of aromatic nitrogens is 1. The van der Waals surface area contributed by atoms with Crippen LogP contribution >= 0.6 is 0 Å². The Morgan fingerprint density at radius 1 is 1.43 bits per heavy atom. The van der Waals surface area contributed by atoms with Gasteiger partial charge in [-0.25, -0.2) is 4.98 Å². The third kappa shape index (κ3) is 3.00. The molecule has 0 saturated carbocycles. The lowest BCUT2D eigenvalue weighted by Crippen LogP contribution is -2.03. The Balaban J connectivity index is 2.59. The number of pyridine rings is 1. The molecule has 0 bridgehead atoms. The molecule has 3 heteroatoms. The Morgan fingerprint density at radius 3 is 2.71 bits per heavy atom. The molecule has 0 unspecified atom stereocenters. The summed E-state index contributed by atoms with van der Waals surface area (Å²) < 4.78 is 0. The van der Waals surface area contributed by atoms with Crippen LogP contribution in [0.3, 0.4) is 0 Å². The summed E-state index contributed by atoms with van der Waals surface area (Å²) in [5.74, 6) is 0.874. The van der Waals surface area contributed by atoms with Crippen LogP contribution in [-0.2, 0) is 0 Å². The van der Waals surface area contributed by atoms with Gasteiger partial charge >= 0.3 is 0 Å². The van der Waals surface area contributed by atoms with Crippen LogP contribution in [0.25, 0.3) is 0 Å². The van der Waals surface area contributed by atoms with E-state index in [1.54, 1.807) is 6.20 Å². The summed E-state index contributed by atoms with van der Waals surface area (Å²) in [6, 6.07) is 3.82. The van der Waals surface area contributed by atoms with E-state index in [1.807, 2.05) is 19.1 Å². The monoisotopic (exact) mass is 194 g/mol. The van der Waals surface area contributed by atoms with Crippen molar-refractivity contribution >= 4 is 5.82 Å². The molecule has 1 atom stereocenters. The lowest BCUT2D eigenvalue weighted by molar-refractivity contribution is 0.173. The van der Waals surface area contributed by atoms with Gasteiger partial charge in [0.25, 0.3) is 0 Å². The first-order valence-corrected chi connectivity index (χ1v) is 5.15. The molecule has 2 N–H and O–H groups in total. The Hall–Kier alpha value is -1.09. The summed E-state index contributed by atoms with van der Waals surface area (Å²) in [5.41, 5.74) is 0.884. The lowest BCUT2D eigenvalue weighted by Gasteiger charge is -2.08. The molecule has 0 aliphatic heterocycles. The van der Waals surface area contributed by atoms with Crippen molar-refractivity contribution in [3.63, 3.8) is 0 Å². The quantitative estimate of drug-likeness (QED) is 0.756.